The van der Waals surface area contributed by atoms with Crippen LogP contribution in [0.1, 0.15) is 30.7 Å². The maximum Gasteiger partial charge on any atom is 0.321 e. The molecule has 0 bridgehead atoms. The number of rotatable bonds is 4. The molecule has 4 rings (SSSR count). The van der Waals surface area contributed by atoms with Gasteiger partial charge in [0.15, 0.2) is 0 Å². The summed E-state index contributed by atoms with van der Waals surface area (Å²) in [6.07, 6.45) is 8.24. The van der Waals surface area contributed by atoms with Crippen molar-refractivity contribution < 1.29 is 4.79 Å². The number of aromatic nitrogens is 3. The molecule has 4 N–H and O–H groups in total. The van der Waals surface area contributed by atoms with E-state index in [4.69, 9.17) is 0 Å². The molecule has 156 valence electrons. The third-order valence-electron chi connectivity index (χ3n) is 5.24. The molecule has 0 saturated carbocycles. The number of fused-ring (bicyclic) bond motifs is 1. The van der Waals surface area contributed by atoms with E-state index >= 15 is 0 Å². The molecule has 2 aromatic heterocycles. The molecule has 0 fully saturated rings. The summed E-state index contributed by atoms with van der Waals surface area (Å²) in [5.41, 5.74) is 4.14. The Balaban J connectivity index is 1.72. The number of aliphatic imine (C=N–C) groups is 1. The number of urea groups is 1. The number of aromatic amines is 1. The molecule has 0 spiro atoms. The number of guanidine groups is 1. The van der Waals surface area contributed by atoms with Gasteiger partial charge in [0.2, 0.25) is 5.96 Å². The van der Waals surface area contributed by atoms with Crippen molar-refractivity contribution in [2.75, 3.05) is 6.54 Å². The number of aryl methyl sites for hydroxylation is 1. The Labute approximate surface area is 174 Å². The van der Waals surface area contributed by atoms with Gasteiger partial charge in [-0.05, 0) is 49.6 Å². The summed E-state index contributed by atoms with van der Waals surface area (Å²) >= 11 is 0. The first-order valence-corrected chi connectivity index (χ1v) is 10.1. The third kappa shape index (κ3) is 3.66. The van der Waals surface area contributed by atoms with Gasteiger partial charge in [-0.2, -0.15) is 5.10 Å². The van der Waals surface area contributed by atoms with E-state index < -0.39 is 0 Å². The van der Waals surface area contributed by atoms with Crippen LogP contribution >= 0.6 is 0 Å². The predicted molar refractivity (Wildman–Crippen MR) is 116 cm³/mol. The van der Waals surface area contributed by atoms with Crippen molar-refractivity contribution in [2.45, 2.75) is 39.3 Å². The maximum atomic E-state index is 12.5. The molecule has 9 nitrogen and oxygen atoms in total. The van der Waals surface area contributed by atoms with E-state index in [1.807, 2.05) is 51.3 Å². The number of nitrogens with one attached hydrogen (secondary N) is 4. The number of pyridine rings is 1. The average molecular weight is 407 g/mol. The summed E-state index contributed by atoms with van der Waals surface area (Å²) in [4.78, 5) is 32.0. The summed E-state index contributed by atoms with van der Waals surface area (Å²) < 4.78 is 1.76. The zero-order valence-electron chi connectivity index (χ0n) is 17.2. The highest BCUT2D eigenvalue weighted by molar-refractivity contribution is 5.99. The van der Waals surface area contributed by atoms with Gasteiger partial charge >= 0.3 is 6.03 Å². The summed E-state index contributed by atoms with van der Waals surface area (Å²) in [6, 6.07) is 3.08. The van der Waals surface area contributed by atoms with Gasteiger partial charge in [0.1, 0.15) is 6.04 Å². The van der Waals surface area contributed by atoms with Crippen LogP contribution in [0, 0.1) is 6.92 Å². The maximum absolute atomic E-state index is 12.5. The smallest absolute Gasteiger partial charge is 0.321 e. The van der Waals surface area contributed by atoms with Gasteiger partial charge in [-0.25, -0.2) is 14.5 Å². The van der Waals surface area contributed by atoms with Gasteiger partial charge in [0.25, 0.3) is 5.56 Å². The predicted octanol–water partition coefficient (Wildman–Crippen LogP) is 1.40. The van der Waals surface area contributed by atoms with Crippen molar-refractivity contribution in [1.82, 2.24) is 30.7 Å². The standard InChI is InChI=1S/C21H25N7O2/c1-4-14-12(3)9-15(24-19(14)29)13-10-16-18(17(11-13)28-8-6-7-23-28)26-20(25-16)27-21(30)22-5-2/h6-11,16,18H,4-5H2,1-3H3,(H,24,29)(H3,22,25,26,27,30). The van der Waals surface area contributed by atoms with Crippen LogP contribution in [0.15, 0.2) is 46.5 Å². The third-order valence-corrected chi connectivity index (χ3v) is 5.24. The lowest BCUT2D eigenvalue weighted by Gasteiger charge is -2.24. The Morgan fingerprint density at radius 3 is 2.83 bits per heavy atom. The quantitative estimate of drug-likeness (QED) is 0.613. The Bertz CT molecular complexity index is 1110. The van der Waals surface area contributed by atoms with E-state index in [9.17, 15) is 9.59 Å². The first kappa shape index (κ1) is 19.7. The molecule has 2 aromatic rings. The molecule has 30 heavy (non-hydrogen) atoms. The van der Waals surface area contributed by atoms with E-state index in [1.54, 1.807) is 10.9 Å². The number of nitrogens with zero attached hydrogens (tertiary/aromatic N) is 3. The molecule has 2 atom stereocenters. The Morgan fingerprint density at radius 2 is 2.17 bits per heavy atom. The molecular formula is C21H25N7O2. The minimum absolute atomic E-state index is 0.0706. The fourth-order valence-corrected chi connectivity index (χ4v) is 3.85. The van der Waals surface area contributed by atoms with E-state index in [0.29, 0.717) is 18.9 Å². The Hall–Kier alpha value is -3.62. The molecule has 2 aliphatic rings. The number of carbonyl (C=O) groups is 1. The zero-order valence-corrected chi connectivity index (χ0v) is 17.2. The van der Waals surface area contributed by atoms with Crippen LogP contribution in [-0.2, 0) is 6.42 Å². The van der Waals surface area contributed by atoms with Crippen LogP contribution in [0.4, 0.5) is 4.79 Å². The molecule has 3 heterocycles. The number of hydrogen-bond acceptors (Lipinski definition) is 5. The van der Waals surface area contributed by atoms with Gasteiger partial charge in [-0.1, -0.05) is 13.0 Å². The van der Waals surface area contributed by atoms with Crippen molar-refractivity contribution in [1.29, 1.82) is 0 Å². The van der Waals surface area contributed by atoms with Crippen LogP contribution in [0.2, 0.25) is 0 Å². The van der Waals surface area contributed by atoms with Crippen LogP contribution in [0.3, 0.4) is 0 Å². The van der Waals surface area contributed by atoms with Crippen molar-refractivity contribution in [2.24, 2.45) is 4.99 Å². The summed E-state index contributed by atoms with van der Waals surface area (Å²) in [6.45, 7) is 6.30. The second-order valence-corrected chi connectivity index (χ2v) is 7.25. The average Bonchev–Trinajstić information content (AvgIpc) is 3.36. The van der Waals surface area contributed by atoms with Crippen LogP contribution in [0.5, 0.6) is 0 Å². The first-order chi connectivity index (χ1) is 14.5. The first-order valence-electron chi connectivity index (χ1n) is 10.1. The van der Waals surface area contributed by atoms with Crippen LogP contribution < -0.4 is 21.5 Å². The number of carbonyl (C=O) groups excluding carboxylic acids is 1. The molecule has 2 amide bonds. The largest absolute Gasteiger partial charge is 0.347 e. The van der Waals surface area contributed by atoms with Crippen molar-refractivity contribution in [3.8, 4) is 0 Å². The Morgan fingerprint density at radius 1 is 1.33 bits per heavy atom. The van der Waals surface area contributed by atoms with Crippen molar-refractivity contribution >= 4 is 23.3 Å². The zero-order chi connectivity index (χ0) is 21.3. The molecule has 1 aliphatic carbocycles. The molecule has 0 radical (unpaired) electrons. The number of H-pyrrole nitrogens is 1. The summed E-state index contributed by atoms with van der Waals surface area (Å²) in [5.74, 6) is 0.400. The lowest BCUT2D eigenvalue weighted by molar-refractivity contribution is 0.245. The fraction of sp³-hybridized carbons (Fsp3) is 0.333. The molecular weight excluding hydrogens is 382 g/mol. The van der Waals surface area contributed by atoms with Gasteiger partial charge in [0, 0.05) is 30.2 Å². The van der Waals surface area contributed by atoms with Crippen LogP contribution in [-0.4, -0.2) is 45.4 Å². The highest BCUT2D eigenvalue weighted by atomic mass is 16.2. The fourth-order valence-electron chi connectivity index (χ4n) is 3.85. The van der Waals surface area contributed by atoms with Crippen molar-refractivity contribution in [3.63, 3.8) is 0 Å². The van der Waals surface area contributed by atoms with E-state index in [0.717, 1.165) is 28.1 Å². The monoisotopic (exact) mass is 407 g/mol. The Kier molecular flexibility index (Phi) is 5.26. The molecule has 2 unspecified atom stereocenters. The van der Waals surface area contributed by atoms with Gasteiger partial charge in [-0.15, -0.1) is 0 Å². The molecule has 1 aliphatic heterocycles. The van der Waals surface area contributed by atoms with E-state index in [2.05, 4.69) is 31.0 Å². The second-order valence-electron chi connectivity index (χ2n) is 7.25. The van der Waals surface area contributed by atoms with E-state index in [1.165, 1.54) is 0 Å². The van der Waals surface area contributed by atoms with Crippen molar-refractivity contribution in [3.05, 3.63) is 63.9 Å². The lowest BCUT2D eigenvalue weighted by Crippen LogP contribution is -2.46. The summed E-state index contributed by atoms with van der Waals surface area (Å²) in [5, 5.41) is 13.0. The molecule has 9 heteroatoms. The SMILES string of the molecule is CCNC(=O)NC1=NC2C(n3cccn3)=CC(c3cc(C)c(CC)c(=O)[nH]3)=CC2N1. The highest BCUT2D eigenvalue weighted by Crippen LogP contribution is 2.31. The second kappa shape index (κ2) is 8.02. The van der Waals surface area contributed by atoms with Gasteiger partial charge < -0.3 is 15.6 Å². The summed E-state index contributed by atoms with van der Waals surface area (Å²) in [7, 11) is 0. The molecule has 0 saturated heterocycles. The van der Waals surface area contributed by atoms with Gasteiger partial charge in [-0.3, -0.25) is 10.1 Å². The topological polar surface area (TPSA) is 116 Å². The number of hydrogen-bond donors (Lipinski definition) is 4. The van der Waals surface area contributed by atoms with Crippen LogP contribution in [0.25, 0.3) is 11.3 Å². The molecule has 0 aromatic carbocycles. The van der Waals surface area contributed by atoms with Gasteiger partial charge in [0.05, 0.1) is 11.7 Å². The lowest BCUT2D eigenvalue weighted by atomic mass is 9.93. The normalized spacial score (nSPS) is 19.9. The number of allylic oxidation sites excluding steroid dienone is 2. The highest BCUT2D eigenvalue weighted by Gasteiger charge is 2.35. The minimum atomic E-state index is -0.314. The van der Waals surface area contributed by atoms with E-state index in [-0.39, 0.29) is 23.7 Å². The number of amides is 2. The minimum Gasteiger partial charge on any atom is -0.347 e.